The first kappa shape index (κ1) is 16.9. The van der Waals surface area contributed by atoms with Crippen molar-refractivity contribution in [2.24, 2.45) is 10.7 Å². The number of hydrogen-bond donors (Lipinski definition) is 1. The Kier molecular flexibility index (Phi) is 6.09. The molecule has 2 aromatic rings. The quantitative estimate of drug-likeness (QED) is 0.504. The van der Waals surface area contributed by atoms with E-state index in [2.05, 4.69) is 46.1 Å². The molecule has 0 aliphatic rings. The van der Waals surface area contributed by atoms with Crippen molar-refractivity contribution in [3.05, 3.63) is 42.1 Å². The van der Waals surface area contributed by atoms with Crippen LogP contribution in [0.25, 0.3) is 11.3 Å². The van der Waals surface area contributed by atoms with Gasteiger partial charge in [-0.05, 0) is 24.5 Å². The molecule has 0 saturated carbocycles. The zero-order chi connectivity index (χ0) is 16.7. The van der Waals surface area contributed by atoms with E-state index in [1.807, 2.05) is 20.2 Å². The van der Waals surface area contributed by atoms with Gasteiger partial charge < -0.3 is 10.6 Å². The van der Waals surface area contributed by atoms with E-state index in [0.29, 0.717) is 11.9 Å². The third kappa shape index (κ3) is 5.06. The average Bonchev–Trinajstić information content (AvgIpc) is 2.56. The maximum Gasteiger partial charge on any atom is 0.253 e. The molecule has 2 rings (SSSR count). The highest BCUT2D eigenvalue weighted by molar-refractivity contribution is 5.79. The largest absolute Gasteiger partial charge is 0.369 e. The molecule has 0 fully saturated rings. The summed E-state index contributed by atoms with van der Waals surface area (Å²) in [4.78, 5) is 14.5. The molecular formula is C18H25N5. The molecule has 122 valence electrons. The zero-order valence-electron chi connectivity index (χ0n) is 14.2. The molecule has 0 aliphatic carbocycles. The highest BCUT2D eigenvalue weighted by Gasteiger charge is 2.03. The van der Waals surface area contributed by atoms with Crippen LogP contribution < -0.4 is 5.73 Å². The number of nitrogens with two attached hydrogens (primary N) is 1. The van der Waals surface area contributed by atoms with Crippen LogP contribution >= 0.6 is 0 Å². The average molecular weight is 311 g/mol. The Morgan fingerprint density at radius 3 is 2.52 bits per heavy atom. The molecule has 0 spiro atoms. The van der Waals surface area contributed by atoms with Crippen molar-refractivity contribution in [2.45, 2.75) is 32.6 Å². The first-order valence-electron chi connectivity index (χ1n) is 8.04. The molecule has 23 heavy (non-hydrogen) atoms. The number of nitrogens with zero attached hydrogens (tertiary/aromatic N) is 4. The van der Waals surface area contributed by atoms with Gasteiger partial charge in [0.15, 0.2) is 5.96 Å². The van der Waals surface area contributed by atoms with Gasteiger partial charge in [0.05, 0.1) is 5.69 Å². The van der Waals surface area contributed by atoms with Gasteiger partial charge in [-0.25, -0.2) is 9.97 Å². The van der Waals surface area contributed by atoms with Gasteiger partial charge in [-0.3, -0.25) is 0 Å². The number of aromatic nitrogens is 2. The predicted octanol–water partition coefficient (Wildman–Crippen LogP) is 3.38. The smallest absolute Gasteiger partial charge is 0.253 e. The standard InChI is InChI=1S/C18H25N5/c1-4-5-6-7-14-8-10-15(11-9-14)16-12-13-20-18(21-16)22-17(19)23(2)3/h8-13H,4-7H2,1-3H3,(H2,19,20,21,22). The fraction of sp³-hybridized carbons (Fsp3) is 0.389. The highest BCUT2D eigenvalue weighted by Crippen LogP contribution is 2.20. The lowest BCUT2D eigenvalue weighted by Crippen LogP contribution is -2.29. The monoisotopic (exact) mass is 311 g/mol. The third-order valence-electron chi connectivity index (χ3n) is 3.63. The third-order valence-corrected chi connectivity index (χ3v) is 3.63. The number of hydrogen-bond acceptors (Lipinski definition) is 3. The van der Waals surface area contributed by atoms with Gasteiger partial charge in [0.1, 0.15) is 0 Å². The van der Waals surface area contributed by atoms with Crippen molar-refractivity contribution in [3.63, 3.8) is 0 Å². The van der Waals surface area contributed by atoms with Gasteiger partial charge in [-0.15, -0.1) is 0 Å². The van der Waals surface area contributed by atoms with Crippen molar-refractivity contribution < 1.29 is 0 Å². The summed E-state index contributed by atoms with van der Waals surface area (Å²) in [5.74, 6) is 0.758. The van der Waals surface area contributed by atoms with Gasteiger partial charge in [-0.1, -0.05) is 44.0 Å². The summed E-state index contributed by atoms with van der Waals surface area (Å²) in [6, 6.07) is 10.4. The van der Waals surface area contributed by atoms with E-state index >= 15 is 0 Å². The summed E-state index contributed by atoms with van der Waals surface area (Å²) < 4.78 is 0. The number of aryl methyl sites for hydroxylation is 1. The topological polar surface area (TPSA) is 67.4 Å². The van der Waals surface area contributed by atoms with E-state index < -0.39 is 0 Å². The Morgan fingerprint density at radius 1 is 1.13 bits per heavy atom. The van der Waals surface area contributed by atoms with E-state index in [-0.39, 0.29) is 0 Å². The van der Waals surface area contributed by atoms with E-state index in [1.165, 1.54) is 24.8 Å². The van der Waals surface area contributed by atoms with Gasteiger partial charge in [0.25, 0.3) is 5.95 Å². The molecule has 5 nitrogen and oxygen atoms in total. The molecule has 5 heteroatoms. The molecule has 1 aromatic carbocycles. The second-order valence-electron chi connectivity index (χ2n) is 5.76. The van der Waals surface area contributed by atoms with Crippen LogP contribution in [0, 0.1) is 0 Å². The second-order valence-corrected chi connectivity index (χ2v) is 5.76. The Hall–Kier alpha value is -2.43. The van der Waals surface area contributed by atoms with Crippen LogP contribution in [0.4, 0.5) is 5.95 Å². The first-order chi connectivity index (χ1) is 11.1. The summed E-state index contributed by atoms with van der Waals surface area (Å²) in [5.41, 5.74) is 9.09. The summed E-state index contributed by atoms with van der Waals surface area (Å²) in [6.45, 7) is 2.22. The molecule has 0 unspecified atom stereocenters. The maximum atomic E-state index is 5.81. The number of unbranched alkanes of at least 4 members (excludes halogenated alkanes) is 2. The Balaban J connectivity index is 2.14. The van der Waals surface area contributed by atoms with E-state index in [9.17, 15) is 0 Å². The van der Waals surface area contributed by atoms with Gasteiger partial charge >= 0.3 is 0 Å². The summed E-state index contributed by atoms with van der Waals surface area (Å²) in [6.07, 6.45) is 6.61. The Bertz CT molecular complexity index is 647. The number of rotatable bonds is 6. The normalized spacial score (nSPS) is 11.5. The summed E-state index contributed by atoms with van der Waals surface area (Å²) in [5, 5.41) is 0. The van der Waals surface area contributed by atoms with Crippen molar-refractivity contribution in [1.29, 1.82) is 0 Å². The van der Waals surface area contributed by atoms with Crippen LogP contribution in [0.3, 0.4) is 0 Å². The second kappa shape index (κ2) is 8.27. The highest BCUT2D eigenvalue weighted by atomic mass is 15.2. The van der Waals surface area contributed by atoms with Crippen LogP contribution in [0.5, 0.6) is 0 Å². The summed E-state index contributed by atoms with van der Waals surface area (Å²) >= 11 is 0. The Labute approximate surface area is 138 Å². The van der Waals surface area contributed by atoms with Gasteiger partial charge in [0, 0.05) is 25.9 Å². The molecule has 0 atom stereocenters. The summed E-state index contributed by atoms with van der Waals surface area (Å²) in [7, 11) is 3.67. The zero-order valence-corrected chi connectivity index (χ0v) is 14.2. The minimum Gasteiger partial charge on any atom is -0.369 e. The van der Waals surface area contributed by atoms with Crippen molar-refractivity contribution in [1.82, 2.24) is 14.9 Å². The minimum atomic E-state index is 0.376. The predicted molar refractivity (Wildman–Crippen MR) is 95.7 cm³/mol. The van der Waals surface area contributed by atoms with Crippen molar-refractivity contribution >= 4 is 11.9 Å². The van der Waals surface area contributed by atoms with Gasteiger partial charge in [-0.2, -0.15) is 4.99 Å². The SMILES string of the molecule is CCCCCc1ccc(-c2ccnc(/N=C(/N)N(C)C)n2)cc1. The lowest BCUT2D eigenvalue weighted by Gasteiger charge is -2.09. The molecule has 0 amide bonds. The van der Waals surface area contributed by atoms with Crippen LogP contribution in [-0.4, -0.2) is 34.9 Å². The number of aliphatic imine (C=N–C) groups is 1. The van der Waals surface area contributed by atoms with E-state index in [0.717, 1.165) is 17.7 Å². The fourth-order valence-electron chi connectivity index (χ4n) is 2.19. The molecule has 0 radical (unpaired) electrons. The van der Waals surface area contributed by atoms with E-state index in [1.54, 1.807) is 11.1 Å². The Morgan fingerprint density at radius 2 is 1.87 bits per heavy atom. The van der Waals surface area contributed by atoms with E-state index in [4.69, 9.17) is 5.73 Å². The van der Waals surface area contributed by atoms with Gasteiger partial charge in [0.2, 0.25) is 0 Å². The van der Waals surface area contributed by atoms with Crippen molar-refractivity contribution in [2.75, 3.05) is 14.1 Å². The van der Waals surface area contributed by atoms with Crippen LogP contribution in [-0.2, 0) is 6.42 Å². The maximum absolute atomic E-state index is 5.81. The molecule has 2 N–H and O–H groups in total. The molecule has 0 bridgehead atoms. The minimum absolute atomic E-state index is 0.376. The van der Waals surface area contributed by atoms with Crippen LogP contribution in [0.2, 0.25) is 0 Å². The molecule has 0 aliphatic heterocycles. The molecule has 1 heterocycles. The lowest BCUT2D eigenvalue weighted by atomic mass is 10.0. The molecule has 0 saturated heterocycles. The lowest BCUT2D eigenvalue weighted by molar-refractivity contribution is 0.614. The fourth-order valence-corrected chi connectivity index (χ4v) is 2.19. The number of guanidine groups is 1. The first-order valence-corrected chi connectivity index (χ1v) is 8.04. The molecular weight excluding hydrogens is 286 g/mol. The van der Waals surface area contributed by atoms with Crippen LogP contribution in [0.1, 0.15) is 31.7 Å². The molecule has 1 aromatic heterocycles. The number of benzene rings is 1. The van der Waals surface area contributed by atoms with Crippen LogP contribution in [0.15, 0.2) is 41.5 Å². The van der Waals surface area contributed by atoms with Crippen molar-refractivity contribution in [3.8, 4) is 11.3 Å².